The monoisotopic (exact) mass is 585 g/mol. The van der Waals surface area contributed by atoms with Crippen molar-refractivity contribution in [2.24, 2.45) is 5.92 Å². The first-order chi connectivity index (χ1) is 17.0. The number of hydrogen-bond donors (Lipinski definition) is 2. The summed E-state index contributed by atoms with van der Waals surface area (Å²) in [4.78, 5) is 29.7. The van der Waals surface area contributed by atoms with E-state index in [0.29, 0.717) is 26.7 Å². The maximum atomic E-state index is 14.4. The lowest BCUT2D eigenvalue weighted by Gasteiger charge is -2.11. The Morgan fingerprint density at radius 3 is 2.42 bits per heavy atom. The van der Waals surface area contributed by atoms with Crippen molar-refractivity contribution in [3.8, 4) is 0 Å². The van der Waals surface area contributed by atoms with Crippen LogP contribution in [0.25, 0.3) is 11.1 Å². The van der Waals surface area contributed by atoms with Crippen LogP contribution in [0.15, 0.2) is 59.3 Å². The van der Waals surface area contributed by atoms with Crippen LogP contribution in [0.3, 0.4) is 0 Å². The lowest BCUT2D eigenvalue weighted by atomic mass is 10.1. The van der Waals surface area contributed by atoms with Gasteiger partial charge in [-0.3, -0.25) is 9.59 Å². The Kier molecular flexibility index (Phi) is 6.55. The van der Waals surface area contributed by atoms with E-state index in [-0.39, 0.29) is 22.0 Å². The summed E-state index contributed by atoms with van der Waals surface area (Å²) in [6, 6.07) is 11.6. The number of rotatable bonds is 5. The largest absolute Gasteiger partial charge is 0.443 e. The molecule has 1 aliphatic rings. The van der Waals surface area contributed by atoms with Crippen LogP contribution in [0, 0.1) is 11.7 Å². The first-order valence-corrected chi connectivity index (χ1v) is 12.2. The van der Waals surface area contributed by atoms with Crippen LogP contribution in [0.5, 0.6) is 0 Å². The third kappa shape index (κ3) is 4.74. The third-order valence-corrected chi connectivity index (χ3v) is 7.43. The number of benzene rings is 3. The van der Waals surface area contributed by atoms with Gasteiger partial charge in [0.05, 0.1) is 22.2 Å². The molecular weight excluding hydrogens is 575 g/mol. The maximum Gasteiger partial charge on any atom is 0.257 e. The number of anilines is 2. The van der Waals surface area contributed by atoms with Crippen molar-refractivity contribution in [3.63, 3.8) is 0 Å². The first-order valence-electron chi connectivity index (χ1n) is 10.3. The molecule has 5 rings (SSSR count). The topological polar surface area (TPSA) is 84.2 Å². The molecule has 0 saturated heterocycles. The van der Waals surface area contributed by atoms with Crippen molar-refractivity contribution in [1.82, 2.24) is 4.98 Å². The average Bonchev–Trinajstić information content (AvgIpc) is 3.12. The van der Waals surface area contributed by atoms with Gasteiger partial charge in [0.1, 0.15) is 15.7 Å². The van der Waals surface area contributed by atoms with Gasteiger partial charge in [-0.15, -0.1) is 23.2 Å². The van der Waals surface area contributed by atoms with E-state index in [4.69, 9.17) is 62.4 Å². The van der Waals surface area contributed by atoms with Crippen LogP contribution in [0.2, 0.25) is 15.1 Å². The summed E-state index contributed by atoms with van der Waals surface area (Å²) in [5.41, 5.74) is 1.37. The molecule has 1 saturated carbocycles. The summed E-state index contributed by atoms with van der Waals surface area (Å²) in [7, 11) is 0. The normalized spacial score (nSPS) is 18.2. The van der Waals surface area contributed by atoms with Gasteiger partial charge in [-0.1, -0.05) is 34.8 Å². The van der Waals surface area contributed by atoms with E-state index in [9.17, 15) is 14.0 Å². The molecule has 12 heteroatoms. The van der Waals surface area contributed by atoms with Crippen LogP contribution < -0.4 is 10.6 Å². The summed E-state index contributed by atoms with van der Waals surface area (Å²) in [6.45, 7) is 0. The van der Waals surface area contributed by atoms with E-state index in [1.807, 2.05) is 0 Å². The van der Waals surface area contributed by atoms with Crippen LogP contribution in [-0.2, 0) is 4.79 Å². The molecule has 1 fully saturated rings. The van der Waals surface area contributed by atoms with E-state index >= 15 is 0 Å². The summed E-state index contributed by atoms with van der Waals surface area (Å²) < 4.78 is 18.2. The zero-order valence-electron chi connectivity index (χ0n) is 17.8. The number of nitrogens with one attached hydrogen (secondary N) is 2. The number of aromatic nitrogens is 1. The fraction of sp³-hybridized carbons (Fsp3) is 0.125. The molecule has 0 unspecified atom stereocenters. The standard InChI is InChI=1S/C24H13Cl5FN3O3/c25-11-3-10(4-12(26)5-11)20-21(24(20,28)29)23(35)32-13-1-2-15(27)14(6-13)22(34)33-17-8-19-18(7-16(17)30)31-9-36-19/h1-9,20-21H,(H,32,35)(H,33,34)/t20-,21+/m0/s1. The molecule has 4 aromatic rings. The highest BCUT2D eigenvalue weighted by Gasteiger charge is 2.67. The number of alkyl halides is 2. The lowest BCUT2D eigenvalue weighted by molar-refractivity contribution is -0.117. The smallest absolute Gasteiger partial charge is 0.257 e. The molecule has 0 aliphatic heterocycles. The molecule has 1 aromatic heterocycles. The molecule has 184 valence electrons. The molecular formula is C24H13Cl5FN3O3. The second-order valence-electron chi connectivity index (χ2n) is 8.12. The second-order valence-corrected chi connectivity index (χ2v) is 10.8. The molecule has 0 spiro atoms. The molecule has 0 bridgehead atoms. The Morgan fingerprint density at radius 1 is 0.972 bits per heavy atom. The summed E-state index contributed by atoms with van der Waals surface area (Å²) in [5.74, 6) is -3.22. The van der Waals surface area contributed by atoms with Crippen molar-refractivity contribution in [3.05, 3.63) is 86.9 Å². The molecule has 36 heavy (non-hydrogen) atoms. The highest BCUT2D eigenvalue weighted by Crippen LogP contribution is 2.65. The first kappa shape index (κ1) is 25.1. The number of amides is 2. The van der Waals surface area contributed by atoms with Crippen molar-refractivity contribution in [2.75, 3.05) is 10.6 Å². The number of oxazole rings is 1. The Morgan fingerprint density at radius 2 is 1.69 bits per heavy atom. The van der Waals surface area contributed by atoms with E-state index < -0.39 is 33.8 Å². The van der Waals surface area contributed by atoms with Gasteiger partial charge in [0.25, 0.3) is 5.91 Å². The Labute approximate surface area is 228 Å². The van der Waals surface area contributed by atoms with Crippen molar-refractivity contribution in [2.45, 2.75) is 10.3 Å². The predicted molar refractivity (Wildman–Crippen MR) is 139 cm³/mol. The highest BCUT2D eigenvalue weighted by atomic mass is 35.5. The van der Waals surface area contributed by atoms with Gasteiger partial charge in [-0.25, -0.2) is 9.37 Å². The fourth-order valence-electron chi connectivity index (χ4n) is 3.98. The SMILES string of the molecule is O=C(Nc1cc2ocnc2cc1F)c1cc(NC(=O)[C@H]2[C@H](c3cc(Cl)cc(Cl)c3)C2(Cl)Cl)ccc1Cl. The number of fused-ring (bicyclic) bond motifs is 1. The van der Waals surface area contributed by atoms with Crippen LogP contribution in [-0.4, -0.2) is 21.1 Å². The van der Waals surface area contributed by atoms with Crippen LogP contribution in [0.1, 0.15) is 21.8 Å². The fourth-order valence-corrected chi connectivity index (χ4v) is 5.56. The minimum Gasteiger partial charge on any atom is -0.443 e. The molecule has 1 aliphatic carbocycles. The minimum absolute atomic E-state index is 0.00325. The number of halogens is 6. The van der Waals surface area contributed by atoms with Gasteiger partial charge < -0.3 is 15.1 Å². The number of nitrogens with zero attached hydrogens (tertiary/aromatic N) is 1. The van der Waals surface area contributed by atoms with E-state index in [0.717, 1.165) is 6.07 Å². The third-order valence-electron chi connectivity index (χ3n) is 5.73. The van der Waals surface area contributed by atoms with Crippen molar-refractivity contribution < 1.29 is 18.4 Å². The van der Waals surface area contributed by atoms with E-state index in [1.165, 1.54) is 30.7 Å². The zero-order valence-corrected chi connectivity index (χ0v) is 21.6. The Hall–Kier alpha value is -2.55. The number of carbonyl (C=O) groups is 2. The molecule has 1 heterocycles. The molecule has 2 amide bonds. The predicted octanol–water partition coefficient (Wildman–Crippen LogP) is 7.71. The van der Waals surface area contributed by atoms with Crippen molar-refractivity contribution in [1.29, 1.82) is 0 Å². The van der Waals surface area contributed by atoms with E-state index in [2.05, 4.69) is 15.6 Å². The average molecular weight is 588 g/mol. The maximum absolute atomic E-state index is 14.4. The lowest BCUT2D eigenvalue weighted by Crippen LogP contribution is -2.18. The molecule has 2 atom stereocenters. The zero-order chi connectivity index (χ0) is 25.8. The quantitative estimate of drug-likeness (QED) is 0.234. The molecule has 2 N–H and O–H groups in total. The van der Waals surface area contributed by atoms with E-state index in [1.54, 1.807) is 18.2 Å². The molecule has 0 radical (unpaired) electrons. The summed E-state index contributed by atoms with van der Waals surface area (Å²) in [5, 5.41) is 6.02. The van der Waals surface area contributed by atoms with Gasteiger partial charge in [0.2, 0.25) is 5.91 Å². The summed E-state index contributed by atoms with van der Waals surface area (Å²) >= 11 is 31.2. The highest BCUT2D eigenvalue weighted by molar-refractivity contribution is 6.53. The minimum atomic E-state index is -1.37. The van der Waals surface area contributed by atoms with Crippen LogP contribution in [0.4, 0.5) is 15.8 Å². The van der Waals surface area contributed by atoms with Gasteiger partial charge in [-0.2, -0.15) is 0 Å². The van der Waals surface area contributed by atoms with Crippen LogP contribution >= 0.6 is 58.0 Å². The van der Waals surface area contributed by atoms with Gasteiger partial charge in [0.15, 0.2) is 12.0 Å². The molecule has 3 aromatic carbocycles. The Bertz CT molecular complexity index is 1520. The van der Waals surface area contributed by atoms with Gasteiger partial charge in [0, 0.05) is 33.8 Å². The Balaban J connectivity index is 1.34. The number of hydrogen-bond acceptors (Lipinski definition) is 4. The summed E-state index contributed by atoms with van der Waals surface area (Å²) in [6.07, 6.45) is 1.17. The second kappa shape index (κ2) is 9.39. The molecule has 6 nitrogen and oxygen atoms in total. The van der Waals surface area contributed by atoms with Gasteiger partial charge in [-0.05, 0) is 42.0 Å². The van der Waals surface area contributed by atoms with Crippen molar-refractivity contribution >= 4 is 92.3 Å². The number of carbonyl (C=O) groups excluding carboxylic acids is 2. The van der Waals surface area contributed by atoms with Gasteiger partial charge >= 0.3 is 0 Å².